The Bertz CT molecular complexity index is 2150. The highest BCUT2D eigenvalue weighted by molar-refractivity contribution is 6.31. The zero-order chi connectivity index (χ0) is 40.6. The van der Waals surface area contributed by atoms with Gasteiger partial charge in [0.05, 0.1) is 27.8 Å². The largest absolute Gasteiger partial charge is 0.490 e. The number of hydrogen-bond acceptors (Lipinski definition) is 12. The van der Waals surface area contributed by atoms with Crippen molar-refractivity contribution in [1.29, 1.82) is 5.26 Å². The first-order valence-corrected chi connectivity index (χ1v) is 20.5. The molecule has 15 nitrogen and oxygen atoms in total. The SMILES string of the molecule is C[C@]1(C(=O)Nc2ccc(N3CCC(CN4CCN(c5ccc6c(c5)C(=O)N(C5CCC(=O)NC5=O)C6=O)CC4)CC3)nn2)CC[C@H](Oc2ccc(C#N)c(Cl)c2)CC1. The second-order valence-electron chi connectivity index (χ2n) is 16.3. The number of rotatable bonds is 9. The fraction of sp³-hybridized carbons (Fsp3) is 0.476. The van der Waals surface area contributed by atoms with Crippen LogP contribution in [0, 0.1) is 22.7 Å². The van der Waals surface area contributed by atoms with Crippen LogP contribution in [0.25, 0.3) is 0 Å². The highest BCUT2D eigenvalue weighted by Gasteiger charge is 2.45. The van der Waals surface area contributed by atoms with Crippen molar-refractivity contribution in [3.8, 4) is 11.8 Å². The standard InChI is InChI=1S/C42H46ClN9O6/c1-42(14-10-29(11-15-42)58-30-4-2-27(24-44)33(43)23-30)41(57)45-35-7-8-36(48-47-35)51-16-12-26(13-17-51)25-49-18-20-50(21-19-49)28-3-5-31-32(22-28)40(56)52(39(31)55)34-6-9-37(53)46-38(34)54/h2-5,7-8,22-23,26,29,34H,6,9-21,25H2,1H3,(H,45,47,57)(H,46,53,54)/t29-,34?,42-. The van der Waals surface area contributed by atoms with E-state index >= 15 is 0 Å². The Morgan fingerprint density at radius 2 is 1.64 bits per heavy atom. The summed E-state index contributed by atoms with van der Waals surface area (Å²) < 4.78 is 6.11. The molecule has 3 saturated heterocycles. The van der Waals surface area contributed by atoms with Crippen molar-refractivity contribution in [2.45, 2.75) is 70.4 Å². The summed E-state index contributed by atoms with van der Waals surface area (Å²) in [5.41, 5.74) is 1.32. The summed E-state index contributed by atoms with van der Waals surface area (Å²) in [5, 5.41) is 23.5. The molecule has 4 fully saturated rings. The molecule has 1 saturated carbocycles. The van der Waals surface area contributed by atoms with Crippen LogP contribution in [-0.4, -0.2) is 107 Å². The first-order valence-electron chi connectivity index (χ1n) is 20.1. The van der Waals surface area contributed by atoms with Gasteiger partial charge in [0.15, 0.2) is 11.6 Å². The molecule has 4 aliphatic heterocycles. The van der Waals surface area contributed by atoms with Gasteiger partial charge in [0.2, 0.25) is 17.7 Å². The first-order chi connectivity index (χ1) is 28.0. The maximum absolute atomic E-state index is 13.4. The van der Waals surface area contributed by atoms with Crippen molar-refractivity contribution in [1.82, 2.24) is 25.3 Å². The number of piperidine rings is 2. The number of ether oxygens (including phenoxy) is 1. The van der Waals surface area contributed by atoms with E-state index in [4.69, 9.17) is 21.6 Å². The zero-order valence-electron chi connectivity index (χ0n) is 32.4. The maximum Gasteiger partial charge on any atom is 0.262 e. The molecule has 8 rings (SSSR count). The number of amides is 5. The molecule has 5 heterocycles. The highest BCUT2D eigenvalue weighted by Crippen LogP contribution is 2.39. The molecule has 0 bridgehead atoms. The van der Waals surface area contributed by atoms with Gasteiger partial charge in [0.25, 0.3) is 11.8 Å². The molecule has 1 aliphatic carbocycles. The third-order valence-electron chi connectivity index (χ3n) is 12.5. The minimum absolute atomic E-state index is 0.0347. The van der Waals surface area contributed by atoms with Crippen LogP contribution in [0.4, 0.5) is 17.3 Å². The number of nitrogens with zero attached hydrogens (tertiary/aromatic N) is 7. The van der Waals surface area contributed by atoms with Crippen molar-refractivity contribution in [2.24, 2.45) is 11.3 Å². The molecule has 2 aromatic carbocycles. The second-order valence-corrected chi connectivity index (χ2v) is 16.7. The number of aromatic nitrogens is 2. The van der Waals surface area contributed by atoms with Gasteiger partial charge in [0, 0.05) is 69.4 Å². The number of hydrogen-bond donors (Lipinski definition) is 2. The third-order valence-corrected chi connectivity index (χ3v) is 12.8. The number of carbonyl (C=O) groups excluding carboxylic acids is 5. The lowest BCUT2D eigenvalue weighted by Crippen LogP contribution is -2.54. The van der Waals surface area contributed by atoms with E-state index in [1.54, 1.807) is 30.3 Å². The number of piperazine rings is 1. The van der Waals surface area contributed by atoms with Crippen LogP contribution >= 0.6 is 11.6 Å². The van der Waals surface area contributed by atoms with Crippen LogP contribution in [0.1, 0.15) is 84.6 Å². The summed E-state index contributed by atoms with van der Waals surface area (Å²) in [4.78, 5) is 71.8. The van der Waals surface area contributed by atoms with E-state index in [-0.39, 0.29) is 30.4 Å². The molecule has 5 aliphatic rings. The van der Waals surface area contributed by atoms with Crippen LogP contribution in [0.5, 0.6) is 5.75 Å². The molecule has 1 atom stereocenters. The van der Waals surface area contributed by atoms with E-state index in [1.165, 1.54) is 0 Å². The molecule has 302 valence electrons. The van der Waals surface area contributed by atoms with Crippen molar-refractivity contribution in [3.63, 3.8) is 0 Å². The van der Waals surface area contributed by atoms with Crippen LogP contribution in [0.2, 0.25) is 5.02 Å². The zero-order valence-corrected chi connectivity index (χ0v) is 33.2. The van der Waals surface area contributed by atoms with Crippen LogP contribution in [0.3, 0.4) is 0 Å². The van der Waals surface area contributed by atoms with Gasteiger partial charge in [-0.05, 0) is 93.3 Å². The summed E-state index contributed by atoms with van der Waals surface area (Å²) in [5.74, 6) is 0.339. The molecule has 5 amide bonds. The van der Waals surface area contributed by atoms with E-state index in [2.05, 4.69) is 41.6 Å². The number of benzene rings is 2. The minimum atomic E-state index is -0.977. The summed E-state index contributed by atoms with van der Waals surface area (Å²) >= 11 is 6.16. The highest BCUT2D eigenvalue weighted by atomic mass is 35.5. The summed E-state index contributed by atoms with van der Waals surface area (Å²) in [6.07, 6.45) is 5.02. The summed E-state index contributed by atoms with van der Waals surface area (Å²) in [6, 6.07) is 15.2. The van der Waals surface area contributed by atoms with Crippen molar-refractivity contribution < 1.29 is 28.7 Å². The van der Waals surface area contributed by atoms with Gasteiger partial charge in [-0.1, -0.05) is 18.5 Å². The van der Waals surface area contributed by atoms with E-state index in [1.807, 2.05) is 25.1 Å². The van der Waals surface area contributed by atoms with Gasteiger partial charge >= 0.3 is 0 Å². The Hall–Kier alpha value is -5.59. The van der Waals surface area contributed by atoms with Crippen LogP contribution in [-0.2, 0) is 14.4 Å². The number of nitrogens with one attached hydrogen (secondary N) is 2. The fourth-order valence-electron chi connectivity index (χ4n) is 8.81. The van der Waals surface area contributed by atoms with Crippen molar-refractivity contribution in [3.05, 3.63) is 70.2 Å². The topological polar surface area (TPSA) is 181 Å². The maximum atomic E-state index is 13.4. The van der Waals surface area contributed by atoms with Gasteiger partial charge < -0.3 is 19.9 Å². The van der Waals surface area contributed by atoms with Gasteiger partial charge in [-0.3, -0.25) is 39.1 Å². The monoisotopic (exact) mass is 807 g/mol. The number of anilines is 3. The number of carbonyl (C=O) groups is 5. The van der Waals surface area contributed by atoms with Gasteiger partial charge in [-0.15, -0.1) is 10.2 Å². The van der Waals surface area contributed by atoms with Crippen LogP contribution in [0.15, 0.2) is 48.5 Å². The Kier molecular flexibility index (Phi) is 11.1. The molecule has 0 spiro atoms. The lowest BCUT2D eigenvalue weighted by molar-refractivity contribution is -0.136. The molecular formula is C42H46ClN9O6. The quantitative estimate of drug-likeness (QED) is 0.291. The number of fused-ring (bicyclic) bond motifs is 1. The average Bonchev–Trinajstić information content (AvgIpc) is 3.47. The third kappa shape index (κ3) is 8.08. The van der Waals surface area contributed by atoms with Crippen molar-refractivity contribution >= 4 is 58.5 Å². The van der Waals surface area contributed by atoms with E-state index in [0.29, 0.717) is 46.5 Å². The fourth-order valence-corrected chi connectivity index (χ4v) is 9.02. The van der Waals surface area contributed by atoms with Gasteiger partial charge in [0.1, 0.15) is 17.9 Å². The lowest BCUT2D eigenvalue weighted by Gasteiger charge is -2.39. The second kappa shape index (κ2) is 16.3. The smallest absolute Gasteiger partial charge is 0.262 e. The average molecular weight is 808 g/mol. The van der Waals surface area contributed by atoms with E-state index in [0.717, 1.165) is 87.9 Å². The normalized spacial score (nSPS) is 24.3. The predicted octanol–water partition coefficient (Wildman–Crippen LogP) is 4.41. The van der Waals surface area contributed by atoms with Crippen LogP contribution < -0.4 is 25.2 Å². The Morgan fingerprint density at radius 1 is 0.897 bits per heavy atom. The molecular weight excluding hydrogens is 762 g/mol. The Morgan fingerprint density at radius 3 is 2.31 bits per heavy atom. The summed E-state index contributed by atoms with van der Waals surface area (Å²) in [7, 11) is 0. The molecule has 1 unspecified atom stereocenters. The first kappa shape index (κ1) is 39.2. The van der Waals surface area contributed by atoms with E-state index in [9.17, 15) is 24.0 Å². The molecule has 1 aromatic heterocycles. The van der Waals surface area contributed by atoms with Gasteiger partial charge in [-0.25, -0.2) is 0 Å². The Labute approximate surface area is 341 Å². The number of halogens is 1. The summed E-state index contributed by atoms with van der Waals surface area (Å²) in [6.45, 7) is 8.08. The molecule has 3 aromatic rings. The lowest BCUT2D eigenvalue weighted by atomic mass is 9.74. The molecule has 58 heavy (non-hydrogen) atoms. The predicted molar refractivity (Wildman–Crippen MR) is 215 cm³/mol. The molecule has 2 N–H and O–H groups in total. The Balaban J connectivity index is 0.762. The molecule has 16 heteroatoms. The van der Waals surface area contributed by atoms with Gasteiger partial charge in [-0.2, -0.15) is 5.26 Å². The number of imide groups is 2. The number of nitriles is 1. The minimum Gasteiger partial charge on any atom is -0.490 e. The van der Waals surface area contributed by atoms with E-state index < -0.39 is 35.1 Å². The molecule has 0 radical (unpaired) electrons. The van der Waals surface area contributed by atoms with Crippen molar-refractivity contribution in [2.75, 3.05) is 60.9 Å².